The van der Waals surface area contributed by atoms with Crippen LogP contribution in [0.25, 0.3) is 0 Å². The second-order valence-electron chi connectivity index (χ2n) is 3.81. The molecule has 0 saturated heterocycles. The third-order valence-electron chi connectivity index (χ3n) is 1.76. The smallest absolute Gasteiger partial charge is 0.0771 e. The van der Waals surface area contributed by atoms with Gasteiger partial charge in [-0.05, 0) is 26.2 Å². The van der Waals surface area contributed by atoms with E-state index in [0.717, 1.165) is 12.3 Å². The van der Waals surface area contributed by atoms with Gasteiger partial charge in [-0.25, -0.2) is 0 Å². The summed E-state index contributed by atoms with van der Waals surface area (Å²) in [5.74, 6) is 0.730. The Morgan fingerprint density at radius 3 is 2.36 bits per heavy atom. The van der Waals surface area contributed by atoms with E-state index in [1.807, 2.05) is 6.08 Å². The molecule has 0 heterocycles. The van der Waals surface area contributed by atoms with E-state index in [0.29, 0.717) is 0 Å². The van der Waals surface area contributed by atoms with Crippen molar-refractivity contribution in [3.63, 3.8) is 0 Å². The van der Waals surface area contributed by atoms with Gasteiger partial charge in [0, 0.05) is 0 Å². The predicted octanol–water partition coefficient (Wildman–Crippen LogP) is 2.75. The van der Waals surface area contributed by atoms with Crippen molar-refractivity contribution in [3.8, 4) is 0 Å². The van der Waals surface area contributed by atoms with E-state index in [1.54, 1.807) is 13.8 Å². The van der Waals surface area contributed by atoms with Crippen LogP contribution in [0.4, 0.5) is 0 Å². The summed E-state index contributed by atoms with van der Waals surface area (Å²) in [4.78, 5) is 0. The highest BCUT2D eigenvalue weighted by atomic mass is 16.3. The zero-order valence-electron chi connectivity index (χ0n) is 8.09. The Hall–Kier alpha value is -0.300. The SMILES string of the molecule is CCC(C)CC=CC(C)(C)O. The first kappa shape index (κ1) is 10.7. The lowest BCUT2D eigenvalue weighted by Gasteiger charge is -2.11. The molecule has 0 fully saturated rings. The molecule has 0 bridgehead atoms. The molecule has 1 nitrogen and oxygen atoms in total. The van der Waals surface area contributed by atoms with Crippen LogP contribution in [0.1, 0.15) is 40.5 Å². The maximum atomic E-state index is 9.32. The first-order chi connectivity index (χ1) is 4.95. The maximum Gasteiger partial charge on any atom is 0.0771 e. The highest BCUT2D eigenvalue weighted by Crippen LogP contribution is 2.09. The van der Waals surface area contributed by atoms with Gasteiger partial charge in [0.2, 0.25) is 0 Å². The van der Waals surface area contributed by atoms with E-state index in [-0.39, 0.29) is 0 Å². The van der Waals surface area contributed by atoms with E-state index in [1.165, 1.54) is 6.42 Å². The van der Waals surface area contributed by atoms with Crippen molar-refractivity contribution in [1.29, 1.82) is 0 Å². The number of rotatable bonds is 4. The highest BCUT2D eigenvalue weighted by Gasteiger charge is 2.05. The summed E-state index contributed by atoms with van der Waals surface area (Å²) in [6.45, 7) is 7.98. The van der Waals surface area contributed by atoms with Crippen molar-refractivity contribution >= 4 is 0 Å². The molecule has 0 aliphatic rings. The number of aliphatic hydroxyl groups is 1. The third kappa shape index (κ3) is 7.60. The molecule has 11 heavy (non-hydrogen) atoms. The Labute approximate surface area is 70.1 Å². The quantitative estimate of drug-likeness (QED) is 0.620. The van der Waals surface area contributed by atoms with Gasteiger partial charge >= 0.3 is 0 Å². The summed E-state index contributed by atoms with van der Waals surface area (Å²) in [6, 6.07) is 0. The molecule has 0 rings (SSSR count). The van der Waals surface area contributed by atoms with Gasteiger partial charge < -0.3 is 5.11 Å². The summed E-state index contributed by atoms with van der Waals surface area (Å²) < 4.78 is 0. The molecule has 0 aliphatic carbocycles. The van der Waals surface area contributed by atoms with Crippen molar-refractivity contribution in [2.45, 2.75) is 46.1 Å². The number of hydrogen-bond donors (Lipinski definition) is 1. The zero-order chi connectivity index (χ0) is 8.91. The third-order valence-corrected chi connectivity index (χ3v) is 1.76. The lowest BCUT2D eigenvalue weighted by atomic mass is 10.0. The van der Waals surface area contributed by atoms with Crippen LogP contribution < -0.4 is 0 Å². The molecule has 0 aromatic heterocycles. The lowest BCUT2D eigenvalue weighted by Crippen LogP contribution is -2.13. The fraction of sp³-hybridized carbons (Fsp3) is 0.800. The molecule has 0 aromatic rings. The van der Waals surface area contributed by atoms with Gasteiger partial charge in [0.05, 0.1) is 5.60 Å². The van der Waals surface area contributed by atoms with Gasteiger partial charge in [-0.1, -0.05) is 32.4 Å². The summed E-state index contributed by atoms with van der Waals surface area (Å²) in [5, 5.41) is 9.32. The second-order valence-corrected chi connectivity index (χ2v) is 3.81. The summed E-state index contributed by atoms with van der Waals surface area (Å²) in [6.07, 6.45) is 6.20. The van der Waals surface area contributed by atoms with Gasteiger partial charge in [-0.3, -0.25) is 0 Å². The van der Waals surface area contributed by atoms with Gasteiger partial charge in [0.1, 0.15) is 0 Å². The molecule has 0 spiro atoms. The first-order valence-electron chi connectivity index (χ1n) is 4.35. The molecule has 1 atom stereocenters. The Kier molecular flexibility index (Phi) is 4.43. The summed E-state index contributed by atoms with van der Waals surface area (Å²) in [5.41, 5.74) is -0.645. The minimum Gasteiger partial charge on any atom is -0.386 e. The Bertz CT molecular complexity index is 119. The Balaban J connectivity index is 3.61. The van der Waals surface area contributed by atoms with Crippen LogP contribution in [0.3, 0.4) is 0 Å². The van der Waals surface area contributed by atoms with Crippen molar-refractivity contribution in [3.05, 3.63) is 12.2 Å². The van der Waals surface area contributed by atoms with Gasteiger partial charge in [0.15, 0.2) is 0 Å². The van der Waals surface area contributed by atoms with Crippen LogP contribution in [0, 0.1) is 5.92 Å². The fourth-order valence-corrected chi connectivity index (χ4v) is 0.755. The first-order valence-corrected chi connectivity index (χ1v) is 4.35. The van der Waals surface area contributed by atoms with Crippen LogP contribution in [0.5, 0.6) is 0 Å². The van der Waals surface area contributed by atoms with Gasteiger partial charge in [0.25, 0.3) is 0 Å². The molecule has 0 aliphatic heterocycles. The molecule has 0 saturated carbocycles. The molecule has 0 aromatic carbocycles. The minimum absolute atomic E-state index is 0.645. The van der Waals surface area contributed by atoms with E-state index in [2.05, 4.69) is 19.9 Å². The van der Waals surface area contributed by atoms with Crippen LogP contribution in [0.15, 0.2) is 12.2 Å². The van der Waals surface area contributed by atoms with Gasteiger partial charge in [-0.15, -0.1) is 0 Å². The monoisotopic (exact) mass is 156 g/mol. The molecule has 1 heteroatoms. The molecule has 1 N–H and O–H groups in total. The molecule has 1 unspecified atom stereocenters. The molecule has 66 valence electrons. The lowest BCUT2D eigenvalue weighted by molar-refractivity contribution is 0.132. The van der Waals surface area contributed by atoms with E-state index in [9.17, 15) is 5.11 Å². The second kappa shape index (κ2) is 4.55. The average molecular weight is 156 g/mol. The Morgan fingerprint density at radius 2 is 2.00 bits per heavy atom. The van der Waals surface area contributed by atoms with E-state index >= 15 is 0 Å². The summed E-state index contributed by atoms with van der Waals surface area (Å²) in [7, 11) is 0. The Morgan fingerprint density at radius 1 is 1.45 bits per heavy atom. The van der Waals surface area contributed by atoms with Crippen LogP contribution in [-0.2, 0) is 0 Å². The average Bonchev–Trinajstić information content (AvgIpc) is 1.85. The van der Waals surface area contributed by atoms with Crippen molar-refractivity contribution in [2.24, 2.45) is 5.92 Å². The van der Waals surface area contributed by atoms with Crippen molar-refractivity contribution in [1.82, 2.24) is 0 Å². The van der Waals surface area contributed by atoms with Gasteiger partial charge in [-0.2, -0.15) is 0 Å². The molecule has 0 radical (unpaired) electrons. The number of allylic oxidation sites excluding steroid dienone is 1. The zero-order valence-corrected chi connectivity index (χ0v) is 8.09. The van der Waals surface area contributed by atoms with Crippen molar-refractivity contribution < 1.29 is 5.11 Å². The highest BCUT2D eigenvalue weighted by molar-refractivity contribution is 4.95. The van der Waals surface area contributed by atoms with Crippen LogP contribution >= 0.6 is 0 Å². The fourth-order valence-electron chi connectivity index (χ4n) is 0.755. The molecule has 0 amide bonds. The minimum atomic E-state index is -0.645. The van der Waals surface area contributed by atoms with E-state index < -0.39 is 5.60 Å². The predicted molar refractivity (Wildman–Crippen MR) is 49.5 cm³/mol. The topological polar surface area (TPSA) is 20.2 Å². The molecular weight excluding hydrogens is 136 g/mol. The van der Waals surface area contributed by atoms with E-state index in [4.69, 9.17) is 0 Å². The normalized spacial score (nSPS) is 15.7. The van der Waals surface area contributed by atoms with Crippen molar-refractivity contribution in [2.75, 3.05) is 0 Å². The molecular formula is C10H20O. The number of hydrogen-bond acceptors (Lipinski definition) is 1. The summed E-state index contributed by atoms with van der Waals surface area (Å²) >= 11 is 0. The maximum absolute atomic E-state index is 9.32. The van der Waals surface area contributed by atoms with Crippen LogP contribution in [0.2, 0.25) is 0 Å². The van der Waals surface area contributed by atoms with Crippen LogP contribution in [-0.4, -0.2) is 10.7 Å². The standard InChI is InChI=1S/C10H20O/c1-5-9(2)7-6-8-10(3,4)11/h6,8-9,11H,5,7H2,1-4H3. The largest absolute Gasteiger partial charge is 0.386 e.